The van der Waals surface area contributed by atoms with Gasteiger partial charge in [0.15, 0.2) is 0 Å². The average molecular weight is 355 g/mol. The zero-order valence-electron chi connectivity index (χ0n) is 13.9. The van der Waals surface area contributed by atoms with Crippen LogP contribution in [0.5, 0.6) is 0 Å². The Morgan fingerprint density at radius 3 is 2.28 bits per heavy atom. The smallest absolute Gasteiger partial charge is 0.341 e. The van der Waals surface area contributed by atoms with Gasteiger partial charge in [0.25, 0.3) is 0 Å². The number of likely N-dealkylation sites (tertiary alicyclic amines) is 1. The van der Waals surface area contributed by atoms with Crippen LogP contribution < -0.4 is 0 Å². The number of rotatable bonds is 4. The molecule has 0 aliphatic carbocycles. The van der Waals surface area contributed by atoms with Crippen LogP contribution in [0.3, 0.4) is 0 Å². The van der Waals surface area contributed by atoms with Gasteiger partial charge in [0, 0.05) is 20.0 Å². The maximum atomic E-state index is 12.5. The van der Waals surface area contributed by atoms with Gasteiger partial charge in [-0.15, -0.1) is 0 Å². The molecule has 0 spiro atoms. The van der Waals surface area contributed by atoms with Crippen LogP contribution in [-0.2, 0) is 15.8 Å². The molecule has 8 heteroatoms. The molecule has 1 heterocycles. The van der Waals surface area contributed by atoms with Crippen molar-refractivity contribution in [3.63, 3.8) is 0 Å². The van der Waals surface area contributed by atoms with Crippen molar-refractivity contribution in [3.05, 3.63) is 35.4 Å². The molecular weight excluding hydrogens is 335 g/mol. The molecule has 0 bridgehead atoms. The second kappa shape index (κ2) is 8.13. The van der Waals surface area contributed by atoms with E-state index in [0.29, 0.717) is 18.7 Å². The molecule has 136 valence electrons. The normalized spacial score (nSPS) is 15.4. The van der Waals surface area contributed by atoms with Gasteiger partial charge >= 0.3 is 6.18 Å². The Labute approximate surface area is 144 Å². The van der Waals surface area contributed by atoms with Crippen molar-refractivity contribution >= 4 is 18.0 Å². The molecule has 0 N–H and O–H groups in total. The van der Waals surface area contributed by atoms with Crippen LogP contribution in [-0.4, -0.2) is 47.6 Å². The lowest BCUT2D eigenvalue weighted by Crippen LogP contribution is -2.42. The van der Waals surface area contributed by atoms with Crippen LogP contribution >= 0.6 is 0 Å². The first-order chi connectivity index (χ1) is 11.8. The third-order valence-electron chi connectivity index (χ3n) is 3.94. The molecule has 0 saturated carbocycles. The van der Waals surface area contributed by atoms with Gasteiger partial charge in [0.1, 0.15) is 6.54 Å². The number of hydrazone groups is 1. The molecule has 25 heavy (non-hydrogen) atoms. The summed E-state index contributed by atoms with van der Waals surface area (Å²) < 4.78 is 37.6. The van der Waals surface area contributed by atoms with E-state index in [1.54, 1.807) is 4.90 Å². The summed E-state index contributed by atoms with van der Waals surface area (Å²) in [6.45, 7) is 2.46. The van der Waals surface area contributed by atoms with Gasteiger partial charge in [-0.25, -0.2) is 5.01 Å². The molecule has 1 aliphatic rings. The number of amides is 2. The van der Waals surface area contributed by atoms with E-state index in [2.05, 4.69) is 5.10 Å². The topological polar surface area (TPSA) is 53.0 Å². The molecule has 0 radical (unpaired) electrons. The number of hydrogen-bond acceptors (Lipinski definition) is 3. The number of hydrogen-bond donors (Lipinski definition) is 0. The summed E-state index contributed by atoms with van der Waals surface area (Å²) in [5.74, 6) is -0.590. The highest BCUT2D eigenvalue weighted by Gasteiger charge is 2.29. The second-order valence-electron chi connectivity index (χ2n) is 5.88. The fourth-order valence-corrected chi connectivity index (χ4v) is 2.50. The van der Waals surface area contributed by atoms with Gasteiger partial charge in [-0.3, -0.25) is 9.59 Å². The second-order valence-corrected chi connectivity index (χ2v) is 5.88. The van der Waals surface area contributed by atoms with E-state index in [9.17, 15) is 22.8 Å². The lowest BCUT2D eigenvalue weighted by atomic mass is 10.1. The minimum atomic E-state index is -4.40. The number of carbonyl (C=O) groups is 2. The minimum absolute atomic E-state index is 0.174. The fourth-order valence-electron chi connectivity index (χ4n) is 2.50. The Hall–Kier alpha value is -2.38. The van der Waals surface area contributed by atoms with Gasteiger partial charge < -0.3 is 4.90 Å². The minimum Gasteiger partial charge on any atom is -0.341 e. The van der Waals surface area contributed by atoms with Crippen LogP contribution in [0.2, 0.25) is 0 Å². The fraction of sp³-hybridized carbons (Fsp3) is 0.471. The number of alkyl halides is 3. The van der Waals surface area contributed by atoms with Gasteiger partial charge in [-0.1, -0.05) is 12.1 Å². The number of nitrogens with zero attached hydrogens (tertiary/aromatic N) is 3. The van der Waals surface area contributed by atoms with Crippen molar-refractivity contribution in [2.75, 3.05) is 19.6 Å². The molecule has 1 aliphatic heterocycles. The Kier molecular flexibility index (Phi) is 6.17. The molecule has 1 saturated heterocycles. The van der Waals surface area contributed by atoms with Crippen LogP contribution in [0, 0.1) is 0 Å². The van der Waals surface area contributed by atoms with Gasteiger partial charge in [-0.05, 0) is 37.0 Å². The molecule has 0 unspecified atom stereocenters. The van der Waals surface area contributed by atoms with E-state index in [1.807, 2.05) is 0 Å². The highest BCUT2D eigenvalue weighted by atomic mass is 19.4. The quantitative estimate of drug-likeness (QED) is 0.616. The van der Waals surface area contributed by atoms with E-state index in [4.69, 9.17) is 0 Å². The lowest BCUT2D eigenvalue weighted by molar-refractivity contribution is -0.140. The Bertz CT molecular complexity index is 636. The summed E-state index contributed by atoms with van der Waals surface area (Å²) in [6.07, 6.45) is -0.152. The maximum Gasteiger partial charge on any atom is 0.416 e. The predicted octanol–water partition coefficient (Wildman–Crippen LogP) is 2.90. The van der Waals surface area contributed by atoms with E-state index in [0.717, 1.165) is 36.4 Å². The number of benzene rings is 1. The van der Waals surface area contributed by atoms with E-state index < -0.39 is 17.6 Å². The molecule has 1 aromatic carbocycles. The summed E-state index contributed by atoms with van der Waals surface area (Å²) in [7, 11) is 0. The SMILES string of the molecule is CC(=O)N(CC(=O)N1CCCCC1)/N=C/c1ccc(C(F)(F)F)cc1. The van der Waals surface area contributed by atoms with Crippen molar-refractivity contribution < 1.29 is 22.8 Å². The van der Waals surface area contributed by atoms with Crippen molar-refractivity contribution in [2.24, 2.45) is 5.10 Å². The summed E-state index contributed by atoms with van der Waals surface area (Å²) in [5, 5.41) is 4.97. The third kappa shape index (κ3) is 5.58. The van der Waals surface area contributed by atoms with E-state index in [-0.39, 0.29) is 12.5 Å². The Balaban J connectivity index is 2.01. The van der Waals surface area contributed by atoms with E-state index in [1.165, 1.54) is 25.3 Å². The zero-order valence-corrected chi connectivity index (χ0v) is 13.9. The van der Waals surface area contributed by atoms with Crippen molar-refractivity contribution in [1.82, 2.24) is 9.91 Å². The van der Waals surface area contributed by atoms with Crippen LogP contribution in [0.4, 0.5) is 13.2 Å². The monoisotopic (exact) mass is 355 g/mol. The predicted molar refractivity (Wildman–Crippen MR) is 86.9 cm³/mol. The molecule has 1 fully saturated rings. The van der Waals surface area contributed by atoms with Crippen LogP contribution in [0.25, 0.3) is 0 Å². The van der Waals surface area contributed by atoms with Gasteiger partial charge in [-0.2, -0.15) is 18.3 Å². The molecule has 1 aromatic rings. The highest BCUT2D eigenvalue weighted by Crippen LogP contribution is 2.28. The first-order valence-corrected chi connectivity index (χ1v) is 8.04. The van der Waals surface area contributed by atoms with Crippen molar-refractivity contribution in [1.29, 1.82) is 0 Å². The summed E-state index contributed by atoms with van der Waals surface area (Å²) in [5.41, 5.74) is -0.349. The Morgan fingerprint density at radius 1 is 1.16 bits per heavy atom. The molecule has 0 atom stereocenters. The molecule has 5 nitrogen and oxygen atoms in total. The molecular formula is C17H20F3N3O2. The lowest BCUT2D eigenvalue weighted by Gasteiger charge is -2.28. The average Bonchev–Trinajstić information content (AvgIpc) is 2.58. The largest absolute Gasteiger partial charge is 0.416 e. The van der Waals surface area contributed by atoms with E-state index >= 15 is 0 Å². The first kappa shape index (κ1) is 19.0. The number of piperidine rings is 1. The number of halogens is 3. The van der Waals surface area contributed by atoms with Crippen molar-refractivity contribution in [3.8, 4) is 0 Å². The maximum absolute atomic E-state index is 12.5. The standard InChI is InChI=1S/C17H20F3N3O2/c1-13(24)23(12-16(25)22-9-3-2-4-10-22)21-11-14-5-7-15(8-6-14)17(18,19)20/h5-8,11H,2-4,9-10,12H2,1H3/b21-11+. The molecule has 2 rings (SSSR count). The summed E-state index contributed by atoms with van der Waals surface area (Å²) in [6, 6.07) is 4.41. The summed E-state index contributed by atoms with van der Waals surface area (Å²) >= 11 is 0. The highest BCUT2D eigenvalue weighted by molar-refractivity contribution is 5.86. The first-order valence-electron chi connectivity index (χ1n) is 8.04. The zero-order chi connectivity index (χ0) is 18.4. The number of carbonyl (C=O) groups excluding carboxylic acids is 2. The third-order valence-corrected chi connectivity index (χ3v) is 3.94. The van der Waals surface area contributed by atoms with Gasteiger partial charge in [0.05, 0.1) is 11.8 Å². The van der Waals surface area contributed by atoms with Crippen molar-refractivity contribution in [2.45, 2.75) is 32.4 Å². The summed E-state index contributed by atoms with van der Waals surface area (Å²) in [4.78, 5) is 25.6. The van der Waals surface area contributed by atoms with Crippen LogP contribution in [0.1, 0.15) is 37.3 Å². The van der Waals surface area contributed by atoms with Gasteiger partial charge in [0.2, 0.25) is 11.8 Å². The molecule has 0 aromatic heterocycles. The Morgan fingerprint density at radius 2 is 1.76 bits per heavy atom. The molecule has 2 amide bonds. The van der Waals surface area contributed by atoms with Crippen LogP contribution in [0.15, 0.2) is 29.4 Å².